The van der Waals surface area contributed by atoms with Crippen LogP contribution in [-0.2, 0) is 16.1 Å². The van der Waals surface area contributed by atoms with E-state index in [0.29, 0.717) is 22.3 Å². The molecule has 10 heteroatoms. The highest BCUT2D eigenvalue weighted by atomic mass is 19.1. The van der Waals surface area contributed by atoms with Gasteiger partial charge in [-0.15, -0.1) is 5.10 Å². The number of nitrogens with zero attached hydrogens (tertiary/aromatic N) is 4. The number of anilines is 1. The molecule has 0 aliphatic heterocycles. The maximum atomic E-state index is 14.5. The van der Waals surface area contributed by atoms with Crippen LogP contribution in [0.1, 0.15) is 32.4 Å². The van der Waals surface area contributed by atoms with E-state index in [1.165, 1.54) is 42.0 Å². The van der Waals surface area contributed by atoms with Crippen LogP contribution in [0.15, 0.2) is 66.7 Å². The summed E-state index contributed by atoms with van der Waals surface area (Å²) in [5, 5.41) is 11.2. The fourth-order valence-corrected chi connectivity index (χ4v) is 4.26. The van der Waals surface area contributed by atoms with Crippen LogP contribution in [-0.4, -0.2) is 46.6 Å². The number of aromatic nitrogens is 3. The van der Waals surface area contributed by atoms with E-state index in [4.69, 9.17) is 9.47 Å². The first kappa shape index (κ1) is 26.6. The summed E-state index contributed by atoms with van der Waals surface area (Å²) in [7, 11) is 2.94. The van der Waals surface area contributed by atoms with E-state index in [1.807, 2.05) is 32.9 Å². The molecule has 9 nitrogen and oxygen atoms in total. The number of ether oxygens (including phenoxy) is 2. The van der Waals surface area contributed by atoms with Crippen LogP contribution in [0, 0.1) is 5.82 Å². The molecule has 0 aliphatic carbocycles. The van der Waals surface area contributed by atoms with Crippen molar-refractivity contribution < 1.29 is 23.5 Å². The van der Waals surface area contributed by atoms with Crippen LogP contribution in [0.25, 0.3) is 11.0 Å². The molecule has 0 bridgehead atoms. The minimum atomic E-state index is -1.23. The lowest BCUT2D eigenvalue weighted by atomic mass is 9.99. The molecule has 3 aromatic carbocycles. The molecular weight excluding hydrogens is 489 g/mol. The number of amides is 2. The molecule has 1 unspecified atom stereocenters. The number of carbonyl (C=O) groups excluding carboxylic acids is 2. The van der Waals surface area contributed by atoms with E-state index in [-0.39, 0.29) is 18.0 Å². The topological polar surface area (TPSA) is 98.6 Å². The fourth-order valence-electron chi connectivity index (χ4n) is 4.26. The van der Waals surface area contributed by atoms with Gasteiger partial charge in [0.05, 0.1) is 19.7 Å². The zero-order valence-corrected chi connectivity index (χ0v) is 21.9. The zero-order chi connectivity index (χ0) is 27.4. The molecule has 38 heavy (non-hydrogen) atoms. The Kier molecular flexibility index (Phi) is 7.61. The second kappa shape index (κ2) is 10.9. The lowest BCUT2D eigenvalue weighted by Gasteiger charge is -2.34. The Balaban J connectivity index is 1.90. The number of carbonyl (C=O) groups is 2. The van der Waals surface area contributed by atoms with E-state index in [1.54, 1.807) is 36.4 Å². The molecule has 1 N–H and O–H groups in total. The van der Waals surface area contributed by atoms with Crippen LogP contribution in [0.4, 0.5) is 10.1 Å². The Morgan fingerprint density at radius 2 is 1.76 bits per heavy atom. The van der Waals surface area contributed by atoms with Crippen LogP contribution in [0.5, 0.6) is 11.5 Å². The maximum absolute atomic E-state index is 14.5. The van der Waals surface area contributed by atoms with Gasteiger partial charge in [-0.2, -0.15) is 0 Å². The van der Waals surface area contributed by atoms with Crippen molar-refractivity contribution in [3.05, 3.63) is 78.1 Å². The van der Waals surface area contributed by atoms with Gasteiger partial charge in [0.2, 0.25) is 11.8 Å². The van der Waals surface area contributed by atoms with Crippen molar-refractivity contribution in [2.75, 3.05) is 19.1 Å². The van der Waals surface area contributed by atoms with Crippen molar-refractivity contribution in [3.8, 4) is 11.5 Å². The van der Waals surface area contributed by atoms with Gasteiger partial charge in [0.1, 0.15) is 23.9 Å². The third-order valence-corrected chi connectivity index (χ3v) is 5.79. The third-order valence-electron chi connectivity index (χ3n) is 5.79. The molecule has 1 aromatic heterocycles. The van der Waals surface area contributed by atoms with Gasteiger partial charge in [-0.3, -0.25) is 14.5 Å². The Morgan fingerprint density at radius 1 is 1.03 bits per heavy atom. The number of halogens is 1. The molecule has 4 rings (SSSR count). The van der Waals surface area contributed by atoms with Crippen LogP contribution < -0.4 is 19.7 Å². The van der Waals surface area contributed by atoms with Gasteiger partial charge in [-0.25, -0.2) is 9.07 Å². The summed E-state index contributed by atoms with van der Waals surface area (Å²) >= 11 is 0. The Bertz CT molecular complexity index is 1460. The molecule has 0 aliphatic rings. The number of benzene rings is 3. The normalized spacial score (nSPS) is 12.2. The van der Waals surface area contributed by atoms with E-state index < -0.39 is 29.2 Å². The molecule has 4 aromatic rings. The first-order chi connectivity index (χ1) is 18.1. The molecule has 0 fully saturated rings. The summed E-state index contributed by atoms with van der Waals surface area (Å²) < 4.78 is 27.0. The molecule has 0 spiro atoms. The second-order valence-electron chi connectivity index (χ2n) is 9.70. The van der Waals surface area contributed by atoms with Crippen molar-refractivity contribution in [3.63, 3.8) is 0 Å². The molecule has 1 atom stereocenters. The highest BCUT2D eigenvalue weighted by Crippen LogP contribution is 2.39. The highest BCUT2D eigenvalue weighted by Gasteiger charge is 2.37. The van der Waals surface area contributed by atoms with E-state index >= 15 is 0 Å². The average Bonchev–Trinajstić information content (AvgIpc) is 3.28. The Labute approximate surface area is 220 Å². The second-order valence-corrected chi connectivity index (χ2v) is 9.70. The number of hydrogen-bond donors (Lipinski definition) is 1. The van der Waals surface area contributed by atoms with Gasteiger partial charge in [-0.1, -0.05) is 35.5 Å². The van der Waals surface area contributed by atoms with Crippen molar-refractivity contribution in [2.45, 2.75) is 38.9 Å². The predicted molar refractivity (Wildman–Crippen MR) is 142 cm³/mol. The van der Waals surface area contributed by atoms with Gasteiger partial charge in [0, 0.05) is 16.8 Å². The lowest BCUT2D eigenvalue weighted by molar-refractivity contribution is -0.128. The number of para-hydroxylation sites is 2. The highest BCUT2D eigenvalue weighted by molar-refractivity contribution is 6.02. The van der Waals surface area contributed by atoms with E-state index in [0.717, 1.165) is 0 Å². The van der Waals surface area contributed by atoms with Gasteiger partial charge in [0.25, 0.3) is 0 Å². The maximum Gasteiger partial charge on any atom is 0.249 e. The van der Waals surface area contributed by atoms with Crippen LogP contribution in [0.2, 0.25) is 0 Å². The Morgan fingerprint density at radius 3 is 2.45 bits per heavy atom. The summed E-state index contributed by atoms with van der Waals surface area (Å²) in [5.41, 5.74) is 1.21. The monoisotopic (exact) mass is 519 g/mol. The van der Waals surface area contributed by atoms with Gasteiger partial charge in [-0.05, 0) is 57.2 Å². The number of fused-ring (bicyclic) bond motifs is 1. The molecule has 1 heterocycles. The molecular formula is C28H30FN5O4. The average molecular weight is 520 g/mol. The van der Waals surface area contributed by atoms with Crippen LogP contribution >= 0.6 is 0 Å². The number of nitrogens with one attached hydrogen (secondary N) is 1. The quantitative estimate of drug-likeness (QED) is 0.373. The van der Waals surface area contributed by atoms with Crippen LogP contribution in [0.3, 0.4) is 0 Å². The number of methoxy groups -OCH3 is 2. The first-order valence-electron chi connectivity index (χ1n) is 12.0. The van der Waals surface area contributed by atoms with Crippen molar-refractivity contribution >= 4 is 28.5 Å². The van der Waals surface area contributed by atoms with Gasteiger partial charge in [0.15, 0.2) is 11.5 Å². The van der Waals surface area contributed by atoms with Gasteiger partial charge >= 0.3 is 0 Å². The summed E-state index contributed by atoms with van der Waals surface area (Å²) in [6.45, 7) is 5.25. The minimum Gasteiger partial charge on any atom is -0.493 e. The van der Waals surface area contributed by atoms with Gasteiger partial charge < -0.3 is 14.8 Å². The summed E-state index contributed by atoms with van der Waals surface area (Å²) in [6.07, 6.45) is 0. The molecule has 2 amide bonds. The fraction of sp³-hybridized carbons (Fsp3) is 0.286. The minimum absolute atomic E-state index is 0.193. The number of rotatable bonds is 8. The molecule has 0 saturated carbocycles. The molecule has 0 radical (unpaired) electrons. The Hall–Kier alpha value is -4.47. The standard InChI is InChI=1S/C28H30FN5O4/c1-28(2,3)30-27(36)25(20-12-9-15-23(37-4)26(20)38-5)34(19-11-8-10-18(29)16-19)24(35)17-33-22-14-7-6-13-21(22)31-32-33/h6-16,25H,17H2,1-5H3,(H,30,36). The predicted octanol–water partition coefficient (Wildman–Crippen LogP) is 4.28. The smallest absolute Gasteiger partial charge is 0.249 e. The molecule has 198 valence electrons. The largest absolute Gasteiger partial charge is 0.493 e. The summed E-state index contributed by atoms with van der Waals surface area (Å²) in [6, 6.07) is 16.6. The third kappa shape index (κ3) is 5.59. The first-order valence-corrected chi connectivity index (χ1v) is 12.0. The van der Waals surface area contributed by atoms with E-state index in [9.17, 15) is 14.0 Å². The SMILES string of the molecule is COc1cccc(C(C(=O)NC(C)(C)C)N(C(=O)Cn2nnc3ccccc32)c2cccc(F)c2)c1OC. The zero-order valence-electron chi connectivity index (χ0n) is 21.9. The lowest BCUT2D eigenvalue weighted by Crippen LogP contribution is -2.50. The van der Waals surface area contributed by atoms with E-state index in [2.05, 4.69) is 15.6 Å². The number of hydrogen-bond acceptors (Lipinski definition) is 6. The van der Waals surface area contributed by atoms with Crippen molar-refractivity contribution in [2.24, 2.45) is 0 Å². The van der Waals surface area contributed by atoms with Crippen molar-refractivity contribution in [1.82, 2.24) is 20.3 Å². The molecule has 0 saturated heterocycles. The summed E-state index contributed by atoms with van der Waals surface area (Å²) in [4.78, 5) is 29.2. The summed E-state index contributed by atoms with van der Waals surface area (Å²) in [5.74, 6) is -0.883. The van der Waals surface area contributed by atoms with Crippen molar-refractivity contribution in [1.29, 1.82) is 0 Å².